The van der Waals surface area contributed by atoms with Crippen LogP contribution in [0.5, 0.6) is 5.75 Å². The average Bonchev–Trinajstić information content (AvgIpc) is 2.46. The van der Waals surface area contributed by atoms with E-state index in [9.17, 15) is 9.59 Å². The first-order valence-electron chi connectivity index (χ1n) is 7.03. The molecule has 1 atom stereocenters. The molecule has 0 heterocycles. The molecule has 0 radical (unpaired) electrons. The Bertz CT molecular complexity index is 477. The summed E-state index contributed by atoms with van der Waals surface area (Å²) in [4.78, 5) is 22.6. The maximum atomic E-state index is 11.9. The molecular formula is C15H23N3O3. The molecule has 0 saturated heterocycles. The van der Waals surface area contributed by atoms with Gasteiger partial charge < -0.3 is 21.5 Å². The largest absolute Gasteiger partial charge is 0.491 e. The summed E-state index contributed by atoms with van der Waals surface area (Å²) in [6.45, 7) is 2.76. The molecule has 0 aliphatic rings. The van der Waals surface area contributed by atoms with Gasteiger partial charge in [0.1, 0.15) is 5.75 Å². The van der Waals surface area contributed by atoms with E-state index in [1.54, 1.807) is 24.3 Å². The second-order valence-corrected chi connectivity index (χ2v) is 4.99. The number of amides is 2. The first kappa shape index (κ1) is 17.0. The van der Waals surface area contributed by atoms with Gasteiger partial charge in [-0.3, -0.25) is 9.59 Å². The van der Waals surface area contributed by atoms with Gasteiger partial charge >= 0.3 is 0 Å². The third-order valence-corrected chi connectivity index (χ3v) is 3.03. The molecule has 1 unspecified atom stereocenters. The van der Waals surface area contributed by atoms with Crippen LogP contribution in [0.25, 0.3) is 0 Å². The molecule has 21 heavy (non-hydrogen) atoms. The van der Waals surface area contributed by atoms with Crippen LogP contribution in [0.1, 0.15) is 26.2 Å². The van der Waals surface area contributed by atoms with Crippen LogP contribution < -0.4 is 21.5 Å². The third kappa shape index (κ3) is 6.76. The highest BCUT2D eigenvalue weighted by Crippen LogP contribution is 2.24. The summed E-state index contributed by atoms with van der Waals surface area (Å²) < 4.78 is 5.46. The summed E-state index contributed by atoms with van der Waals surface area (Å²) in [6, 6.07) is 7.09. The van der Waals surface area contributed by atoms with Gasteiger partial charge in [-0.05, 0) is 31.0 Å². The fourth-order valence-corrected chi connectivity index (χ4v) is 1.67. The van der Waals surface area contributed by atoms with E-state index in [0.717, 1.165) is 6.42 Å². The molecule has 1 rings (SSSR count). The van der Waals surface area contributed by atoms with E-state index >= 15 is 0 Å². The minimum absolute atomic E-state index is 0.0822. The van der Waals surface area contributed by atoms with E-state index in [2.05, 4.69) is 5.32 Å². The van der Waals surface area contributed by atoms with Crippen LogP contribution in [0.15, 0.2) is 24.3 Å². The summed E-state index contributed by atoms with van der Waals surface area (Å²) in [7, 11) is 0. The number of ether oxygens (including phenoxy) is 1. The SMILES string of the molecule is CC(CN)CCC(=O)Nc1ccccc1OCCC(N)=O. The van der Waals surface area contributed by atoms with Crippen LogP contribution in [0.3, 0.4) is 0 Å². The summed E-state index contributed by atoms with van der Waals surface area (Å²) in [5, 5.41) is 2.81. The zero-order valence-electron chi connectivity index (χ0n) is 12.3. The maximum Gasteiger partial charge on any atom is 0.224 e. The van der Waals surface area contributed by atoms with Crippen molar-refractivity contribution in [3.05, 3.63) is 24.3 Å². The monoisotopic (exact) mass is 293 g/mol. The lowest BCUT2D eigenvalue weighted by molar-refractivity contribution is -0.118. The zero-order valence-corrected chi connectivity index (χ0v) is 12.3. The number of nitrogens with one attached hydrogen (secondary N) is 1. The lowest BCUT2D eigenvalue weighted by atomic mass is 10.1. The quantitative estimate of drug-likeness (QED) is 0.637. The Hall–Kier alpha value is -2.08. The number of para-hydroxylation sites is 2. The van der Waals surface area contributed by atoms with Crippen molar-refractivity contribution < 1.29 is 14.3 Å². The van der Waals surface area contributed by atoms with Gasteiger partial charge in [0.2, 0.25) is 11.8 Å². The Morgan fingerprint density at radius 2 is 2.00 bits per heavy atom. The van der Waals surface area contributed by atoms with Gasteiger partial charge in [0.15, 0.2) is 0 Å². The molecule has 0 spiro atoms. The molecule has 0 aromatic heterocycles. The highest BCUT2D eigenvalue weighted by atomic mass is 16.5. The number of carbonyl (C=O) groups excluding carboxylic acids is 2. The molecule has 0 bridgehead atoms. The Morgan fingerprint density at radius 1 is 1.29 bits per heavy atom. The molecule has 0 saturated carbocycles. The standard InChI is InChI=1S/C15H23N3O3/c1-11(10-16)6-7-15(20)18-12-4-2-3-5-13(12)21-9-8-14(17)19/h2-5,11H,6-10,16H2,1H3,(H2,17,19)(H,18,20). The van der Waals surface area contributed by atoms with Crippen LogP contribution in [-0.2, 0) is 9.59 Å². The van der Waals surface area contributed by atoms with Gasteiger partial charge in [0.05, 0.1) is 18.7 Å². The molecule has 0 aliphatic carbocycles. The summed E-state index contributed by atoms with van der Waals surface area (Å²) in [6.07, 6.45) is 1.29. The molecule has 5 N–H and O–H groups in total. The van der Waals surface area contributed by atoms with E-state index in [1.807, 2.05) is 6.92 Å². The van der Waals surface area contributed by atoms with Gasteiger partial charge in [0.25, 0.3) is 0 Å². The topological polar surface area (TPSA) is 107 Å². The fraction of sp³-hybridized carbons (Fsp3) is 0.467. The number of carbonyl (C=O) groups is 2. The van der Waals surface area contributed by atoms with E-state index < -0.39 is 5.91 Å². The van der Waals surface area contributed by atoms with Crippen molar-refractivity contribution in [1.29, 1.82) is 0 Å². The fourth-order valence-electron chi connectivity index (χ4n) is 1.67. The van der Waals surface area contributed by atoms with Crippen LogP contribution in [0, 0.1) is 5.92 Å². The molecule has 116 valence electrons. The van der Waals surface area contributed by atoms with Crippen molar-refractivity contribution in [2.24, 2.45) is 17.4 Å². The lowest BCUT2D eigenvalue weighted by Gasteiger charge is -2.13. The number of rotatable bonds is 9. The van der Waals surface area contributed by atoms with Crippen LogP contribution in [0.2, 0.25) is 0 Å². The number of nitrogens with two attached hydrogens (primary N) is 2. The minimum Gasteiger partial charge on any atom is -0.491 e. The summed E-state index contributed by atoms with van der Waals surface area (Å²) in [5.41, 5.74) is 11.2. The number of hydrogen-bond acceptors (Lipinski definition) is 4. The molecule has 0 aliphatic heterocycles. The van der Waals surface area contributed by atoms with Crippen molar-refractivity contribution in [3.8, 4) is 5.75 Å². The van der Waals surface area contributed by atoms with Gasteiger partial charge in [-0.25, -0.2) is 0 Å². The zero-order chi connectivity index (χ0) is 15.7. The second-order valence-electron chi connectivity index (χ2n) is 4.99. The lowest BCUT2D eigenvalue weighted by Crippen LogP contribution is -2.17. The Labute approximate surface area is 124 Å². The summed E-state index contributed by atoms with van der Waals surface area (Å²) >= 11 is 0. The smallest absolute Gasteiger partial charge is 0.224 e. The predicted octanol–water partition coefficient (Wildman–Crippen LogP) is 1.25. The van der Waals surface area contributed by atoms with Crippen LogP contribution in [-0.4, -0.2) is 25.0 Å². The molecule has 1 aromatic carbocycles. The van der Waals surface area contributed by atoms with E-state index in [0.29, 0.717) is 30.3 Å². The normalized spacial score (nSPS) is 11.7. The maximum absolute atomic E-state index is 11.9. The van der Waals surface area contributed by atoms with E-state index in [1.165, 1.54) is 0 Å². The number of primary amides is 1. The number of anilines is 1. The summed E-state index contributed by atoms with van der Waals surface area (Å²) in [5.74, 6) is 0.338. The number of benzene rings is 1. The molecule has 0 fully saturated rings. The van der Waals surface area contributed by atoms with Crippen LogP contribution in [0.4, 0.5) is 5.69 Å². The first-order chi connectivity index (χ1) is 10.0. The van der Waals surface area contributed by atoms with E-state index in [-0.39, 0.29) is 18.9 Å². The van der Waals surface area contributed by atoms with Crippen molar-refractivity contribution >= 4 is 17.5 Å². The minimum atomic E-state index is -0.424. The molecule has 6 nitrogen and oxygen atoms in total. The molecule has 1 aromatic rings. The van der Waals surface area contributed by atoms with Gasteiger partial charge in [-0.1, -0.05) is 19.1 Å². The second kappa shape index (κ2) is 8.97. The molecule has 2 amide bonds. The van der Waals surface area contributed by atoms with Crippen molar-refractivity contribution in [2.75, 3.05) is 18.5 Å². The third-order valence-electron chi connectivity index (χ3n) is 3.03. The van der Waals surface area contributed by atoms with Crippen molar-refractivity contribution in [3.63, 3.8) is 0 Å². The average molecular weight is 293 g/mol. The highest BCUT2D eigenvalue weighted by Gasteiger charge is 2.09. The predicted molar refractivity (Wildman–Crippen MR) is 81.8 cm³/mol. The van der Waals surface area contributed by atoms with Gasteiger partial charge in [-0.15, -0.1) is 0 Å². The van der Waals surface area contributed by atoms with Crippen LogP contribution >= 0.6 is 0 Å². The van der Waals surface area contributed by atoms with Crippen molar-refractivity contribution in [2.45, 2.75) is 26.2 Å². The van der Waals surface area contributed by atoms with Crippen molar-refractivity contribution in [1.82, 2.24) is 0 Å². The number of hydrogen-bond donors (Lipinski definition) is 3. The van der Waals surface area contributed by atoms with E-state index in [4.69, 9.17) is 16.2 Å². The Morgan fingerprint density at radius 3 is 2.67 bits per heavy atom. The van der Waals surface area contributed by atoms with Gasteiger partial charge in [0, 0.05) is 6.42 Å². The Balaban J connectivity index is 2.53. The Kier molecular flexibility index (Phi) is 7.25. The first-order valence-corrected chi connectivity index (χ1v) is 7.03. The van der Waals surface area contributed by atoms with Gasteiger partial charge in [-0.2, -0.15) is 0 Å². The highest BCUT2D eigenvalue weighted by molar-refractivity contribution is 5.92. The molecule has 6 heteroatoms. The molecular weight excluding hydrogens is 270 g/mol.